The van der Waals surface area contributed by atoms with Gasteiger partial charge in [0.1, 0.15) is 6.10 Å². The van der Waals surface area contributed by atoms with Gasteiger partial charge < -0.3 is 4.74 Å². The van der Waals surface area contributed by atoms with Crippen LogP contribution in [0.5, 0.6) is 0 Å². The molecule has 2 aliphatic carbocycles. The van der Waals surface area contributed by atoms with Crippen LogP contribution in [-0.4, -0.2) is 12.1 Å². The summed E-state index contributed by atoms with van der Waals surface area (Å²) in [6.07, 6.45) is 15.4. The molecule has 0 aromatic heterocycles. The van der Waals surface area contributed by atoms with Gasteiger partial charge in [0.15, 0.2) is 0 Å². The molecule has 17 heavy (non-hydrogen) atoms. The molecule has 0 aliphatic heterocycles. The van der Waals surface area contributed by atoms with Crippen LogP contribution in [0.25, 0.3) is 0 Å². The Labute approximate surface area is 102 Å². The van der Waals surface area contributed by atoms with Crippen molar-refractivity contribution in [3.63, 3.8) is 0 Å². The number of ether oxygens (including phenoxy) is 1. The van der Waals surface area contributed by atoms with Crippen LogP contribution in [0.1, 0.15) is 13.8 Å². The van der Waals surface area contributed by atoms with Gasteiger partial charge in [-0.25, -0.2) is 4.79 Å². The Bertz CT molecular complexity index is 437. The van der Waals surface area contributed by atoms with Crippen LogP contribution >= 0.6 is 0 Å². The Kier molecular flexibility index (Phi) is 3.43. The Morgan fingerprint density at radius 1 is 0.941 bits per heavy atom. The van der Waals surface area contributed by atoms with E-state index in [4.69, 9.17) is 4.74 Å². The maximum atomic E-state index is 11.9. The first kappa shape index (κ1) is 11.6. The molecule has 0 radical (unpaired) electrons. The average molecular weight is 228 g/mol. The number of carbonyl (C=O) groups is 1. The van der Waals surface area contributed by atoms with Crippen molar-refractivity contribution in [3.8, 4) is 0 Å². The van der Waals surface area contributed by atoms with Crippen molar-refractivity contribution < 1.29 is 9.53 Å². The van der Waals surface area contributed by atoms with Crippen molar-refractivity contribution in [1.82, 2.24) is 0 Å². The summed E-state index contributed by atoms with van der Waals surface area (Å²) in [5.41, 5.74) is 1.74. The lowest BCUT2D eigenvalue weighted by Crippen LogP contribution is -2.15. The second-order valence-corrected chi connectivity index (χ2v) is 4.24. The minimum absolute atomic E-state index is 0.208. The summed E-state index contributed by atoms with van der Waals surface area (Å²) in [7, 11) is 0. The van der Waals surface area contributed by atoms with Gasteiger partial charge in [0.25, 0.3) is 0 Å². The fourth-order valence-corrected chi connectivity index (χ4v) is 1.83. The van der Waals surface area contributed by atoms with Gasteiger partial charge >= 0.3 is 5.97 Å². The number of rotatable bonds is 3. The lowest BCUT2D eigenvalue weighted by atomic mass is 9.98. The molecule has 0 fully saturated rings. The standard InChI is InChI=1S/C15H16O2/c1-11(13-7-3-4-8-13)12(2)15(16)17-14-9-5-6-10-14/h3-10,13-14H,1-2H3. The van der Waals surface area contributed by atoms with Crippen molar-refractivity contribution in [1.29, 1.82) is 0 Å². The molecule has 2 aliphatic rings. The molecule has 0 spiro atoms. The summed E-state index contributed by atoms with van der Waals surface area (Å²) in [6.45, 7) is 3.79. The van der Waals surface area contributed by atoms with E-state index in [0.29, 0.717) is 5.57 Å². The SMILES string of the molecule is CC(C(=O)OC1C=CC=C1)=C(C)C1C=CC=C1. The highest BCUT2D eigenvalue weighted by Gasteiger charge is 2.17. The number of esters is 1. The Morgan fingerprint density at radius 2 is 1.47 bits per heavy atom. The zero-order valence-electron chi connectivity index (χ0n) is 10.1. The van der Waals surface area contributed by atoms with Crippen molar-refractivity contribution in [3.05, 3.63) is 59.8 Å². The summed E-state index contributed by atoms with van der Waals surface area (Å²) in [5.74, 6) is -0.00499. The number of hydrogen-bond donors (Lipinski definition) is 0. The molecule has 2 nitrogen and oxygen atoms in total. The highest BCUT2D eigenvalue weighted by atomic mass is 16.5. The van der Waals surface area contributed by atoms with E-state index in [1.807, 2.05) is 50.3 Å². The molecule has 0 atom stereocenters. The monoisotopic (exact) mass is 228 g/mol. The van der Waals surface area contributed by atoms with Crippen LogP contribution in [0.3, 0.4) is 0 Å². The smallest absolute Gasteiger partial charge is 0.334 e. The van der Waals surface area contributed by atoms with E-state index in [1.54, 1.807) is 0 Å². The Hall–Kier alpha value is -1.83. The third-order valence-corrected chi connectivity index (χ3v) is 3.10. The molecule has 2 heteroatoms. The van der Waals surface area contributed by atoms with Crippen LogP contribution < -0.4 is 0 Å². The number of allylic oxidation sites excluding steroid dienone is 7. The highest BCUT2D eigenvalue weighted by Crippen LogP contribution is 2.22. The summed E-state index contributed by atoms with van der Waals surface area (Å²) in [4.78, 5) is 11.9. The molecular formula is C15H16O2. The van der Waals surface area contributed by atoms with Gasteiger partial charge in [-0.2, -0.15) is 0 Å². The van der Waals surface area contributed by atoms with E-state index in [0.717, 1.165) is 5.57 Å². The quantitative estimate of drug-likeness (QED) is 0.548. The zero-order chi connectivity index (χ0) is 12.3. The third kappa shape index (κ3) is 2.64. The van der Waals surface area contributed by atoms with E-state index in [9.17, 15) is 4.79 Å². The second-order valence-electron chi connectivity index (χ2n) is 4.24. The van der Waals surface area contributed by atoms with Gasteiger partial charge in [0, 0.05) is 11.5 Å². The average Bonchev–Trinajstić information content (AvgIpc) is 2.99. The van der Waals surface area contributed by atoms with Crippen molar-refractivity contribution in [2.75, 3.05) is 0 Å². The van der Waals surface area contributed by atoms with Gasteiger partial charge in [0.05, 0.1) is 0 Å². The predicted octanol–water partition coefficient (Wildman–Crippen LogP) is 3.10. The van der Waals surface area contributed by atoms with Crippen LogP contribution in [-0.2, 0) is 9.53 Å². The van der Waals surface area contributed by atoms with Crippen molar-refractivity contribution in [2.24, 2.45) is 5.92 Å². The molecule has 0 saturated carbocycles. The first-order chi connectivity index (χ1) is 8.18. The van der Waals surface area contributed by atoms with Gasteiger partial charge in [-0.1, -0.05) is 42.0 Å². The lowest BCUT2D eigenvalue weighted by Gasteiger charge is -2.13. The maximum absolute atomic E-state index is 11.9. The summed E-state index contributed by atoms with van der Waals surface area (Å²) in [6, 6.07) is 0. The maximum Gasteiger partial charge on any atom is 0.334 e. The van der Waals surface area contributed by atoms with Gasteiger partial charge in [0.2, 0.25) is 0 Å². The first-order valence-corrected chi connectivity index (χ1v) is 5.77. The van der Waals surface area contributed by atoms with Crippen LogP contribution in [0.15, 0.2) is 59.8 Å². The topological polar surface area (TPSA) is 26.3 Å². The van der Waals surface area contributed by atoms with Gasteiger partial charge in [-0.15, -0.1) is 0 Å². The summed E-state index contributed by atoms with van der Waals surface area (Å²) < 4.78 is 5.34. The molecule has 0 aromatic rings. The zero-order valence-corrected chi connectivity index (χ0v) is 10.1. The van der Waals surface area contributed by atoms with E-state index < -0.39 is 0 Å². The fourth-order valence-electron chi connectivity index (χ4n) is 1.83. The molecule has 0 saturated heterocycles. The molecule has 0 N–H and O–H groups in total. The normalized spacial score (nSPS) is 20.1. The van der Waals surface area contributed by atoms with Crippen molar-refractivity contribution >= 4 is 5.97 Å². The molecule has 0 amide bonds. The Morgan fingerprint density at radius 3 is 2.06 bits per heavy atom. The van der Waals surface area contributed by atoms with Crippen LogP contribution in [0.2, 0.25) is 0 Å². The fraction of sp³-hybridized carbons (Fsp3) is 0.267. The minimum atomic E-state index is -0.239. The van der Waals surface area contributed by atoms with E-state index >= 15 is 0 Å². The summed E-state index contributed by atoms with van der Waals surface area (Å²) >= 11 is 0. The lowest BCUT2D eigenvalue weighted by molar-refractivity contribution is -0.140. The molecule has 0 aromatic carbocycles. The van der Waals surface area contributed by atoms with Crippen LogP contribution in [0, 0.1) is 5.92 Å². The molecular weight excluding hydrogens is 212 g/mol. The van der Waals surface area contributed by atoms with E-state index in [-0.39, 0.29) is 18.0 Å². The van der Waals surface area contributed by atoms with Gasteiger partial charge in [-0.3, -0.25) is 0 Å². The Balaban J connectivity index is 2.04. The van der Waals surface area contributed by atoms with E-state index in [1.165, 1.54) is 0 Å². The first-order valence-electron chi connectivity index (χ1n) is 5.77. The molecule has 0 unspecified atom stereocenters. The molecule has 0 bridgehead atoms. The molecule has 88 valence electrons. The third-order valence-electron chi connectivity index (χ3n) is 3.10. The number of hydrogen-bond acceptors (Lipinski definition) is 2. The molecule has 0 heterocycles. The largest absolute Gasteiger partial charge is 0.450 e. The van der Waals surface area contributed by atoms with Gasteiger partial charge in [-0.05, 0) is 26.0 Å². The highest BCUT2D eigenvalue weighted by molar-refractivity contribution is 5.89. The number of carbonyl (C=O) groups excluding carboxylic acids is 1. The summed E-state index contributed by atoms with van der Waals surface area (Å²) in [5, 5.41) is 0. The van der Waals surface area contributed by atoms with E-state index in [2.05, 4.69) is 12.2 Å². The van der Waals surface area contributed by atoms with Crippen molar-refractivity contribution in [2.45, 2.75) is 20.0 Å². The molecule has 2 rings (SSSR count). The second kappa shape index (κ2) is 5.00. The predicted molar refractivity (Wildman–Crippen MR) is 68.3 cm³/mol. The van der Waals surface area contributed by atoms with Crippen LogP contribution in [0.4, 0.5) is 0 Å². The minimum Gasteiger partial charge on any atom is -0.450 e.